The Morgan fingerprint density at radius 3 is 2.93 bits per heavy atom. The van der Waals surface area contributed by atoms with Gasteiger partial charge in [0.1, 0.15) is 0 Å². The van der Waals surface area contributed by atoms with Gasteiger partial charge in [0.25, 0.3) is 0 Å². The maximum atomic E-state index is 8.93. The average Bonchev–Trinajstić information content (AvgIpc) is 3.02. The van der Waals surface area contributed by atoms with Crippen molar-refractivity contribution in [1.29, 1.82) is 0 Å². The van der Waals surface area contributed by atoms with Gasteiger partial charge in [-0.05, 0) is 24.5 Å². The summed E-state index contributed by atoms with van der Waals surface area (Å²) in [5.41, 5.74) is 1.23. The molecule has 1 aliphatic carbocycles. The smallest absolute Gasteiger partial charge is 0.0558 e. The lowest BCUT2D eigenvalue weighted by Crippen LogP contribution is -2.28. The lowest BCUT2D eigenvalue weighted by Gasteiger charge is -2.20. The zero-order valence-electron chi connectivity index (χ0n) is 8.26. The van der Waals surface area contributed by atoms with Crippen LogP contribution < -0.4 is 0 Å². The van der Waals surface area contributed by atoms with Gasteiger partial charge in [-0.1, -0.05) is 6.07 Å². The predicted octanol–water partition coefficient (Wildman–Crippen LogP) is 1.04. The molecule has 0 aromatic carbocycles. The van der Waals surface area contributed by atoms with Gasteiger partial charge in [0.15, 0.2) is 0 Å². The topological polar surface area (TPSA) is 36.4 Å². The molecular weight excluding hydrogens is 176 g/mol. The molecule has 1 fully saturated rings. The Balaban J connectivity index is 1.93. The summed E-state index contributed by atoms with van der Waals surface area (Å²) < 4.78 is 0. The third-order valence-corrected chi connectivity index (χ3v) is 2.56. The van der Waals surface area contributed by atoms with Crippen LogP contribution in [0.5, 0.6) is 0 Å². The molecule has 0 bridgehead atoms. The van der Waals surface area contributed by atoms with Gasteiger partial charge >= 0.3 is 0 Å². The van der Waals surface area contributed by atoms with Gasteiger partial charge in [-0.15, -0.1) is 0 Å². The SMILES string of the molecule is OCCN(Cc1cccnc1)C1CC1. The summed E-state index contributed by atoms with van der Waals surface area (Å²) in [6, 6.07) is 4.74. The molecule has 3 heteroatoms. The van der Waals surface area contributed by atoms with Crippen molar-refractivity contribution in [3.8, 4) is 0 Å². The molecular formula is C11H16N2O. The standard InChI is InChI=1S/C11H16N2O/c14-7-6-13(11-3-4-11)9-10-2-1-5-12-8-10/h1-2,5,8,11,14H,3-4,6-7,9H2. The van der Waals surface area contributed by atoms with Crippen molar-refractivity contribution < 1.29 is 5.11 Å². The molecule has 0 radical (unpaired) electrons. The fourth-order valence-corrected chi connectivity index (χ4v) is 1.69. The van der Waals surface area contributed by atoms with Gasteiger partial charge in [0, 0.05) is 31.5 Å². The minimum Gasteiger partial charge on any atom is -0.395 e. The molecule has 0 unspecified atom stereocenters. The minimum absolute atomic E-state index is 0.247. The van der Waals surface area contributed by atoms with Crippen LogP contribution in [-0.2, 0) is 6.54 Å². The summed E-state index contributed by atoms with van der Waals surface area (Å²) in [7, 11) is 0. The van der Waals surface area contributed by atoms with Gasteiger partial charge in [-0.2, -0.15) is 0 Å². The van der Waals surface area contributed by atoms with E-state index >= 15 is 0 Å². The number of pyridine rings is 1. The Kier molecular flexibility index (Phi) is 3.11. The molecule has 14 heavy (non-hydrogen) atoms. The lowest BCUT2D eigenvalue weighted by molar-refractivity contribution is 0.183. The predicted molar refractivity (Wildman–Crippen MR) is 54.8 cm³/mol. The Morgan fingerprint density at radius 2 is 2.36 bits per heavy atom. The second-order valence-corrected chi connectivity index (χ2v) is 3.79. The van der Waals surface area contributed by atoms with Gasteiger partial charge in [-0.25, -0.2) is 0 Å². The zero-order valence-corrected chi connectivity index (χ0v) is 8.26. The van der Waals surface area contributed by atoms with Crippen molar-refractivity contribution in [3.05, 3.63) is 30.1 Å². The summed E-state index contributed by atoms with van der Waals surface area (Å²) in [5.74, 6) is 0. The van der Waals surface area contributed by atoms with Crippen LogP contribution in [0.25, 0.3) is 0 Å². The first-order valence-corrected chi connectivity index (χ1v) is 5.14. The Hall–Kier alpha value is -0.930. The van der Waals surface area contributed by atoms with Gasteiger partial charge < -0.3 is 5.11 Å². The lowest BCUT2D eigenvalue weighted by atomic mass is 10.2. The molecule has 1 aromatic heterocycles. The Morgan fingerprint density at radius 1 is 1.50 bits per heavy atom. The van der Waals surface area contributed by atoms with E-state index in [-0.39, 0.29) is 6.61 Å². The number of hydrogen-bond acceptors (Lipinski definition) is 3. The molecule has 1 aromatic rings. The molecule has 0 spiro atoms. The van der Waals surface area contributed by atoms with Gasteiger partial charge in [0.2, 0.25) is 0 Å². The minimum atomic E-state index is 0.247. The monoisotopic (exact) mass is 192 g/mol. The highest BCUT2D eigenvalue weighted by Crippen LogP contribution is 2.27. The van der Waals surface area contributed by atoms with Crippen LogP contribution in [0.15, 0.2) is 24.5 Å². The van der Waals surface area contributed by atoms with E-state index in [4.69, 9.17) is 5.11 Å². The van der Waals surface area contributed by atoms with E-state index in [2.05, 4.69) is 16.0 Å². The molecule has 76 valence electrons. The van der Waals surface area contributed by atoms with Crippen molar-refractivity contribution >= 4 is 0 Å². The Bertz CT molecular complexity index is 272. The van der Waals surface area contributed by atoms with Crippen molar-refractivity contribution in [2.24, 2.45) is 0 Å². The highest BCUT2D eigenvalue weighted by atomic mass is 16.3. The first kappa shape index (κ1) is 9.62. The summed E-state index contributed by atoms with van der Waals surface area (Å²) in [6.45, 7) is 1.94. The summed E-state index contributed by atoms with van der Waals surface area (Å²) in [5, 5.41) is 8.93. The van der Waals surface area contributed by atoms with Crippen LogP contribution in [-0.4, -0.2) is 34.2 Å². The van der Waals surface area contributed by atoms with E-state index < -0.39 is 0 Å². The summed E-state index contributed by atoms with van der Waals surface area (Å²) in [4.78, 5) is 6.42. The van der Waals surface area contributed by atoms with E-state index in [0.717, 1.165) is 13.1 Å². The molecule has 0 aliphatic heterocycles. The normalized spacial score (nSPS) is 16.1. The highest BCUT2D eigenvalue weighted by Gasteiger charge is 2.28. The van der Waals surface area contributed by atoms with Crippen molar-refractivity contribution in [3.63, 3.8) is 0 Å². The number of hydrogen-bond donors (Lipinski definition) is 1. The van der Waals surface area contributed by atoms with E-state index in [0.29, 0.717) is 6.04 Å². The number of rotatable bonds is 5. The van der Waals surface area contributed by atoms with Gasteiger partial charge in [-0.3, -0.25) is 9.88 Å². The van der Waals surface area contributed by atoms with Crippen LogP contribution in [0.2, 0.25) is 0 Å². The van der Waals surface area contributed by atoms with Crippen LogP contribution in [0, 0.1) is 0 Å². The molecule has 0 saturated heterocycles. The first-order chi connectivity index (χ1) is 6.90. The molecule has 1 N–H and O–H groups in total. The van der Waals surface area contributed by atoms with E-state index in [9.17, 15) is 0 Å². The fourth-order valence-electron chi connectivity index (χ4n) is 1.69. The number of aliphatic hydroxyl groups is 1. The Labute approximate surface area is 84.4 Å². The maximum Gasteiger partial charge on any atom is 0.0558 e. The van der Waals surface area contributed by atoms with Crippen LogP contribution in [0.4, 0.5) is 0 Å². The molecule has 2 rings (SSSR count). The van der Waals surface area contributed by atoms with Crippen LogP contribution in [0.3, 0.4) is 0 Å². The maximum absolute atomic E-state index is 8.93. The fraction of sp³-hybridized carbons (Fsp3) is 0.545. The third-order valence-electron chi connectivity index (χ3n) is 2.56. The second kappa shape index (κ2) is 4.53. The van der Waals surface area contributed by atoms with E-state index in [1.54, 1.807) is 6.20 Å². The molecule has 3 nitrogen and oxygen atoms in total. The third kappa shape index (κ3) is 2.53. The zero-order chi connectivity index (χ0) is 9.80. The van der Waals surface area contributed by atoms with Crippen LogP contribution >= 0.6 is 0 Å². The number of nitrogens with zero attached hydrogens (tertiary/aromatic N) is 2. The highest BCUT2D eigenvalue weighted by molar-refractivity contribution is 5.08. The van der Waals surface area contributed by atoms with Crippen LogP contribution in [0.1, 0.15) is 18.4 Å². The number of aliphatic hydroxyl groups excluding tert-OH is 1. The van der Waals surface area contributed by atoms with Crippen molar-refractivity contribution in [2.75, 3.05) is 13.2 Å². The van der Waals surface area contributed by atoms with E-state index in [1.807, 2.05) is 12.3 Å². The second-order valence-electron chi connectivity index (χ2n) is 3.79. The largest absolute Gasteiger partial charge is 0.395 e. The molecule has 0 amide bonds. The average molecular weight is 192 g/mol. The van der Waals surface area contributed by atoms with E-state index in [1.165, 1.54) is 18.4 Å². The van der Waals surface area contributed by atoms with Crippen molar-refractivity contribution in [1.82, 2.24) is 9.88 Å². The first-order valence-electron chi connectivity index (χ1n) is 5.14. The number of aromatic nitrogens is 1. The summed E-state index contributed by atoms with van der Waals surface area (Å²) in [6.07, 6.45) is 6.24. The molecule has 1 aliphatic rings. The quantitative estimate of drug-likeness (QED) is 0.757. The molecule has 1 saturated carbocycles. The van der Waals surface area contributed by atoms with Gasteiger partial charge in [0.05, 0.1) is 6.61 Å². The molecule has 1 heterocycles. The van der Waals surface area contributed by atoms with Crippen molar-refractivity contribution in [2.45, 2.75) is 25.4 Å². The summed E-state index contributed by atoms with van der Waals surface area (Å²) >= 11 is 0. The molecule has 0 atom stereocenters.